The molecule has 0 amide bonds. The third-order valence-electron chi connectivity index (χ3n) is 4.67. The fourth-order valence-electron chi connectivity index (χ4n) is 2.65. The largest absolute Gasteiger partial charge is 1.00 e. The molecule has 0 atom stereocenters. The van der Waals surface area contributed by atoms with Crippen molar-refractivity contribution in [2.24, 2.45) is 0 Å². The monoisotopic (exact) mass is 314 g/mol. The minimum Gasteiger partial charge on any atom is -1.00 e. The number of hydrogen-bond acceptors (Lipinski definition) is 3. The molecule has 0 aromatic heterocycles. The SMILES string of the molecule is CC[N+](CC)(CC)CCN(C)c1ccc(NC)c(N)c1.[Cl-]. The number of nitrogens with two attached hydrogens (primary N) is 1. The molecule has 4 nitrogen and oxygen atoms in total. The van der Waals surface area contributed by atoms with Gasteiger partial charge in [0.25, 0.3) is 0 Å². The second kappa shape index (κ2) is 9.00. The molecule has 1 aromatic rings. The zero-order valence-corrected chi connectivity index (χ0v) is 14.9. The first-order chi connectivity index (χ1) is 9.51. The summed E-state index contributed by atoms with van der Waals surface area (Å²) in [4.78, 5) is 2.30. The molecule has 0 unspecified atom stereocenters. The summed E-state index contributed by atoms with van der Waals surface area (Å²) in [5, 5.41) is 3.10. The Hall–Kier alpha value is -1.13. The van der Waals surface area contributed by atoms with Crippen LogP contribution in [-0.2, 0) is 0 Å². The van der Waals surface area contributed by atoms with Crippen molar-refractivity contribution in [3.05, 3.63) is 18.2 Å². The van der Waals surface area contributed by atoms with Crippen LogP contribution in [0, 0.1) is 0 Å². The molecule has 5 heteroatoms. The van der Waals surface area contributed by atoms with Crippen LogP contribution in [0.25, 0.3) is 0 Å². The van der Waals surface area contributed by atoms with E-state index in [9.17, 15) is 0 Å². The lowest BCUT2D eigenvalue weighted by molar-refractivity contribution is -0.921. The van der Waals surface area contributed by atoms with E-state index in [1.807, 2.05) is 19.2 Å². The van der Waals surface area contributed by atoms with Crippen LogP contribution >= 0.6 is 0 Å². The molecular weight excluding hydrogens is 284 g/mol. The highest BCUT2D eigenvalue weighted by molar-refractivity contribution is 5.71. The lowest BCUT2D eigenvalue weighted by Gasteiger charge is -2.37. The predicted molar refractivity (Wildman–Crippen MR) is 90.4 cm³/mol. The van der Waals surface area contributed by atoms with E-state index >= 15 is 0 Å². The van der Waals surface area contributed by atoms with Crippen molar-refractivity contribution in [1.82, 2.24) is 0 Å². The van der Waals surface area contributed by atoms with Crippen molar-refractivity contribution in [1.29, 1.82) is 0 Å². The van der Waals surface area contributed by atoms with Gasteiger partial charge in [-0.05, 0) is 39.0 Å². The minimum absolute atomic E-state index is 0. The van der Waals surface area contributed by atoms with Gasteiger partial charge in [0.2, 0.25) is 0 Å². The maximum atomic E-state index is 6.04. The molecule has 0 aliphatic rings. The highest BCUT2D eigenvalue weighted by Gasteiger charge is 2.21. The molecule has 0 saturated carbocycles. The highest BCUT2D eigenvalue weighted by Crippen LogP contribution is 2.24. The zero-order valence-electron chi connectivity index (χ0n) is 14.1. The summed E-state index contributed by atoms with van der Waals surface area (Å²) in [5.41, 5.74) is 9.01. The molecule has 0 aliphatic carbocycles. The first-order valence-electron chi connectivity index (χ1n) is 7.65. The summed E-state index contributed by atoms with van der Waals surface area (Å²) in [6.07, 6.45) is 0. The van der Waals surface area contributed by atoms with Gasteiger partial charge in [-0.15, -0.1) is 0 Å². The molecule has 0 saturated heterocycles. The standard InChI is InChI=1S/C16H31N4.ClH/c1-6-20(7-2,8-3)12-11-19(5)14-9-10-16(18-4)15(17)13-14;/h9-10,13,18H,6-8,11-12,17H2,1-5H3;1H/q+1;/p-1. The van der Waals surface area contributed by atoms with Crippen LogP contribution in [0.1, 0.15) is 20.8 Å². The van der Waals surface area contributed by atoms with E-state index < -0.39 is 0 Å². The lowest BCUT2D eigenvalue weighted by atomic mass is 10.2. The average molecular weight is 315 g/mol. The normalized spacial score (nSPS) is 10.9. The Balaban J connectivity index is 0.00000400. The molecule has 122 valence electrons. The molecule has 1 rings (SSSR count). The Labute approximate surface area is 136 Å². The number of nitrogens with zero attached hydrogens (tertiary/aromatic N) is 2. The van der Waals surface area contributed by atoms with Crippen molar-refractivity contribution >= 4 is 17.1 Å². The third kappa shape index (κ3) is 4.97. The number of likely N-dealkylation sites (N-methyl/N-ethyl adjacent to an activating group) is 2. The second-order valence-corrected chi connectivity index (χ2v) is 5.46. The van der Waals surface area contributed by atoms with E-state index in [4.69, 9.17) is 5.73 Å². The highest BCUT2D eigenvalue weighted by atomic mass is 35.5. The summed E-state index contributed by atoms with van der Waals surface area (Å²) >= 11 is 0. The van der Waals surface area contributed by atoms with Crippen LogP contribution in [0.2, 0.25) is 0 Å². The van der Waals surface area contributed by atoms with E-state index in [2.05, 4.69) is 44.1 Å². The van der Waals surface area contributed by atoms with Crippen LogP contribution < -0.4 is 28.4 Å². The topological polar surface area (TPSA) is 41.3 Å². The zero-order chi connectivity index (χ0) is 15.2. The number of rotatable bonds is 8. The summed E-state index contributed by atoms with van der Waals surface area (Å²) in [6.45, 7) is 12.7. The van der Waals surface area contributed by atoms with Gasteiger partial charge in [-0.25, -0.2) is 0 Å². The molecule has 3 N–H and O–H groups in total. The van der Waals surface area contributed by atoms with Gasteiger partial charge in [0.05, 0.1) is 44.1 Å². The van der Waals surface area contributed by atoms with Crippen molar-refractivity contribution in [2.75, 3.05) is 62.8 Å². The number of hydrogen-bond donors (Lipinski definition) is 2. The molecule has 0 radical (unpaired) electrons. The van der Waals surface area contributed by atoms with E-state index in [-0.39, 0.29) is 12.4 Å². The molecule has 0 bridgehead atoms. The van der Waals surface area contributed by atoms with Crippen LogP contribution in [0.4, 0.5) is 17.1 Å². The van der Waals surface area contributed by atoms with Gasteiger partial charge in [0, 0.05) is 19.8 Å². The van der Waals surface area contributed by atoms with Crippen molar-refractivity contribution in [3.63, 3.8) is 0 Å². The van der Waals surface area contributed by atoms with Crippen molar-refractivity contribution in [3.8, 4) is 0 Å². The predicted octanol–water partition coefficient (Wildman–Crippen LogP) is -0.373. The molecule has 0 fully saturated rings. The first kappa shape index (κ1) is 19.9. The summed E-state index contributed by atoms with van der Waals surface area (Å²) in [5.74, 6) is 0. The van der Waals surface area contributed by atoms with Gasteiger partial charge >= 0.3 is 0 Å². The van der Waals surface area contributed by atoms with Gasteiger partial charge in [-0.2, -0.15) is 0 Å². The average Bonchev–Trinajstić information content (AvgIpc) is 2.49. The number of anilines is 3. The van der Waals surface area contributed by atoms with Crippen molar-refractivity contribution < 1.29 is 16.9 Å². The first-order valence-corrected chi connectivity index (χ1v) is 7.65. The van der Waals surface area contributed by atoms with Gasteiger partial charge < -0.3 is 32.8 Å². The van der Waals surface area contributed by atoms with Gasteiger partial charge in [0.15, 0.2) is 0 Å². The van der Waals surface area contributed by atoms with E-state index in [1.54, 1.807) is 0 Å². The van der Waals surface area contributed by atoms with E-state index in [0.717, 1.165) is 17.9 Å². The van der Waals surface area contributed by atoms with Gasteiger partial charge in [-0.3, -0.25) is 0 Å². The van der Waals surface area contributed by atoms with Crippen LogP contribution in [0.15, 0.2) is 18.2 Å². The number of quaternary nitrogens is 1. The minimum atomic E-state index is 0. The fraction of sp³-hybridized carbons (Fsp3) is 0.625. The Kier molecular flexibility index (Phi) is 8.52. The maximum absolute atomic E-state index is 6.04. The Morgan fingerprint density at radius 1 is 1.14 bits per heavy atom. The molecule has 21 heavy (non-hydrogen) atoms. The second-order valence-electron chi connectivity index (χ2n) is 5.46. The molecule has 0 spiro atoms. The molecule has 0 aliphatic heterocycles. The smallest absolute Gasteiger partial charge is 0.0964 e. The third-order valence-corrected chi connectivity index (χ3v) is 4.67. The Bertz CT molecular complexity index is 410. The Morgan fingerprint density at radius 3 is 2.14 bits per heavy atom. The van der Waals surface area contributed by atoms with Crippen molar-refractivity contribution in [2.45, 2.75) is 20.8 Å². The molecular formula is C16H31ClN4. The number of benzene rings is 1. The molecule has 1 aromatic carbocycles. The number of halogens is 1. The maximum Gasteiger partial charge on any atom is 0.0964 e. The molecule has 0 heterocycles. The van der Waals surface area contributed by atoms with E-state index in [0.29, 0.717) is 0 Å². The Morgan fingerprint density at radius 2 is 1.71 bits per heavy atom. The van der Waals surface area contributed by atoms with Gasteiger partial charge in [-0.1, -0.05) is 0 Å². The summed E-state index contributed by atoms with van der Waals surface area (Å²) in [6, 6.07) is 6.22. The number of nitrogen functional groups attached to an aromatic ring is 1. The van der Waals surface area contributed by atoms with Crippen LogP contribution in [0.3, 0.4) is 0 Å². The number of nitrogens with one attached hydrogen (secondary N) is 1. The van der Waals surface area contributed by atoms with Crippen LogP contribution in [-0.4, -0.2) is 51.3 Å². The lowest BCUT2D eigenvalue weighted by Crippen LogP contribution is -3.00. The summed E-state index contributed by atoms with van der Waals surface area (Å²) in [7, 11) is 4.04. The quantitative estimate of drug-likeness (QED) is 0.508. The fourth-order valence-corrected chi connectivity index (χ4v) is 2.65. The van der Waals surface area contributed by atoms with Gasteiger partial charge in [0.1, 0.15) is 0 Å². The summed E-state index contributed by atoms with van der Waals surface area (Å²) < 4.78 is 1.18. The van der Waals surface area contributed by atoms with E-state index in [1.165, 1.54) is 36.3 Å². The van der Waals surface area contributed by atoms with Crippen LogP contribution in [0.5, 0.6) is 0 Å².